The van der Waals surface area contributed by atoms with E-state index in [4.69, 9.17) is 9.72 Å². The third-order valence-corrected chi connectivity index (χ3v) is 7.83. The molecule has 3 heterocycles. The molecule has 2 aliphatic rings. The Balaban J connectivity index is 1.61. The van der Waals surface area contributed by atoms with Crippen molar-refractivity contribution in [3.63, 3.8) is 0 Å². The second-order valence-corrected chi connectivity index (χ2v) is 10.4. The van der Waals surface area contributed by atoms with Crippen LogP contribution in [0.2, 0.25) is 0 Å². The van der Waals surface area contributed by atoms with Crippen LogP contribution >= 0.6 is 11.3 Å². The first kappa shape index (κ1) is 22.7. The molecule has 9 heteroatoms. The van der Waals surface area contributed by atoms with Crippen LogP contribution in [0.25, 0.3) is 10.2 Å². The van der Waals surface area contributed by atoms with Gasteiger partial charge >= 0.3 is 0 Å². The number of benzene rings is 1. The number of carbonyl (C=O) groups excluding carboxylic acids is 2. The Bertz CT molecular complexity index is 1370. The van der Waals surface area contributed by atoms with E-state index in [2.05, 4.69) is 0 Å². The fourth-order valence-electron chi connectivity index (χ4n) is 4.84. The maximum absolute atomic E-state index is 13.9. The van der Waals surface area contributed by atoms with Crippen molar-refractivity contribution >= 4 is 38.9 Å². The topological polar surface area (TPSA) is 84.7 Å². The highest BCUT2D eigenvalue weighted by Gasteiger charge is 2.29. The first-order valence-electron chi connectivity index (χ1n) is 11.5. The number of aryl methyl sites for hydroxylation is 2. The zero-order valence-corrected chi connectivity index (χ0v) is 20.7. The Morgan fingerprint density at radius 1 is 1.24 bits per heavy atom. The van der Waals surface area contributed by atoms with Crippen LogP contribution in [0.5, 0.6) is 5.75 Å². The van der Waals surface area contributed by atoms with Gasteiger partial charge in [-0.1, -0.05) is 0 Å². The van der Waals surface area contributed by atoms with Crippen molar-refractivity contribution in [3.8, 4) is 5.75 Å². The molecule has 1 aliphatic heterocycles. The molecule has 5 rings (SSSR count). The molecule has 0 saturated heterocycles. The van der Waals surface area contributed by atoms with E-state index in [0.717, 1.165) is 36.1 Å². The molecule has 1 aliphatic carbocycles. The van der Waals surface area contributed by atoms with Gasteiger partial charge in [0.2, 0.25) is 0 Å². The lowest BCUT2D eigenvalue weighted by atomic mass is 9.97. The second-order valence-electron chi connectivity index (χ2n) is 9.30. The van der Waals surface area contributed by atoms with E-state index in [9.17, 15) is 14.4 Å². The summed E-state index contributed by atoms with van der Waals surface area (Å²) in [7, 11) is 5.50. The predicted molar refractivity (Wildman–Crippen MR) is 132 cm³/mol. The summed E-state index contributed by atoms with van der Waals surface area (Å²) >= 11 is 1.62. The first-order chi connectivity index (χ1) is 16.3. The number of fused-ring (bicyclic) bond motifs is 4. The normalized spacial score (nSPS) is 16.4. The largest absolute Gasteiger partial charge is 0.482 e. The second kappa shape index (κ2) is 8.63. The van der Waals surface area contributed by atoms with Gasteiger partial charge in [0.1, 0.15) is 16.4 Å². The summed E-state index contributed by atoms with van der Waals surface area (Å²) in [6.07, 6.45) is 4.06. The number of aromatic nitrogens is 2. The van der Waals surface area contributed by atoms with E-state index < -0.39 is 6.04 Å². The third kappa shape index (κ3) is 3.73. The van der Waals surface area contributed by atoms with Crippen LogP contribution in [0.1, 0.15) is 52.4 Å². The molecule has 0 N–H and O–H groups in total. The van der Waals surface area contributed by atoms with Gasteiger partial charge in [-0.25, -0.2) is 4.98 Å². The van der Waals surface area contributed by atoms with E-state index in [1.807, 2.05) is 19.0 Å². The molecule has 0 saturated carbocycles. The minimum absolute atomic E-state index is 0.0207. The molecular weight excluding hydrogens is 452 g/mol. The highest BCUT2D eigenvalue weighted by molar-refractivity contribution is 7.18. The fourth-order valence-corrected chi connectivity index (χ4v) is 6.11. The molecule has 0 fully saturated rings. The molecule has 0 spiro atoms. The Morgan fingerprint density at radius 3 is 2.76 bits per heavy atom. The molecule has 34 heavy (non-hydrogen) atoms. The molecule has 8 nitrogen and oxygen atoms in total. The summed E-state index contributed by atoms with van der Waals surface area (Å²) < 4.78 is 7.05. The van der Waals surface area contributed by atoms with Crippen molar-refractivity contribution in [2.45, 2.75) is 45.2 Å². The van der Waals surface area contributed by atoms with E-state index in [0.29, 0.717) is 34.8 Å². The third-order valence-electron chi connectivity index (χ3n) is 6.65. The van der Waals surface area contributed by atoms with Crippen LogP contribution in [0, 0.1) is 0 Å². The molecule has 3 aromatic rings. The number of nitrogens with zero attached hydrogens (tertiary/aromatic N) is 4. The Hall–Kier alpha value is -3.04. The van der Waals surface area contributed by atoms with Crippen molar-refractivity contribution in [2.75, 3.05) is 32.6 Å². The average molecular weight is 481 g/mol. The van der Waals surface area contributed by atoms with Crippen molar-refractivity contribution in [3.05, 3.63) is 50.4 Å². The van der Waals surface area contributed by atoms with Gasteiger partial charge in [-0.15, -0.1) is 11.3 Å². The molecule has 1 amide bonds. The van der Waals surface area contributed by atoms with Gasteiger partial charge in [-0.05, 0) is 70.5 Å². The summed E-state index contributed by atoms with van der Waals surface area (Å²) in [6, 6.07) is 4.32. The van der Waals surface area contributed by atoms with Gasteiger partial charge in [0, 0.05) is 17.5 Å². The van der Waals surface area contributed by atoms with Gasteiger partial charge in [-0.2, -0.15) is 0 Å². The number of amides is 1. The van der Waals surface area contributed by atoms with Crippen molar-refractivity contribution in [1.29, 1.82) is 0 Å². The number of ketones is 1. The van der Waals surface area contributed by atoms with Crippen LogP contribution in [0.4, 0.5) is 5.69 Å². The first-order valence-corrected chi connectivity index (χ1v) is 12.4. The van der Waals surface area contributed by atoms with Crippen LogP contribution < -0.4 is 15.2 Å². The average Bonchev–Trinajstić information content (AvgIpc) is 3.19. The number of Topliss-reactive ketones (excluding diaryl/α,β-unsaturated/α-hetero) is 1. The van der Waals surface area contributed by atoms with Gasteiger partial charge in [-0.3, -0.25) is 19.0 Å². The summed E-state index contributed by atoms with van der Waals surface area (Å²) in [4.78, 5) is 49.9. The highest BCUT2D eigenvalue weighted by Crippen LogP contribution is 2.35. The molecule has 0 radical (unpaired) electrons. The maximum atomic E-state index is 13.9. The van der Waals surface area contributed by atoms with Gasteiger partial charge in [0.05, 0.1) is 23.7 Å². The molecule has 2 aromatic heterocycles. The van der Waals surface area contributed by atoms with Crippen LogP contribution in [-0.4, -0.2) is 53.9 Å². The summed E-state index contributed by atoms with van der Waals surface area (Å²) in [5.41, 5.74) is 1.94. The molecule has 1 aromatic carbocycles. The molecule has 0 bridgehead atoms. The predicted octanol–water partition coefficient (Wildman–Crippen LogP) is 3.20. The minimum Gasteiger partial charge on any atom is -0.482 e. The van der Waals surface area contributed by atoms with Gasteiger partial charge in [0.25, 0.3) is 11.5 Å². The lowest BCUT2D eigenvalue weighted by Crippen LogP contribution is -2.36. The zero-order valence-electron chi connectivity index (χ0n) is 19.9. The lowest BCUT2D eigenvalue weighted by Gasteiger charge is -2.26. The number of ether oxygens (including phenoxy) is 1. The molecular formula is C25H28N4O4S. The zero-order chi connectivity index (χ0) is 24.1. The van der Waals surface area contributed by atoms with E-state index in [-0.39, 0.29) is 23.9 Å². The number of likely N-dealkylation sites (N-methyl/N-ethyl adjacent to an activating group) is 1. The number of hydrogen-bond donors (Lipinski definition) is 0. The van der Waals surface area contributed by atoms with Crippen LogP contribution in [-0.2, 0) is 24.2 Å². The smallest absolute Gasteiger partial charge is 0.264 e. The van der Waals surface area contributed by atoms with Crippen molar-refractivity contribution < 1.29 is 14.3 Å². The molecule has 178 valence electrons. The van der Waals surface area contributed by atoms with Crippen LogP contribution in [0.3, 0.4) is 0 Å². The number of rotatable bonds is 5. The summed E-state index contributed by atoms with van der Waals surface area (Å²) in [5, 5.41) is 0.672. The van der Waals surface area contributed by atoms with Crippen LogP contribution in [0.15, 0.2) is 23.0 Å². The Labute approximate surface area is 201 Å². The monoisotopic (exact) mass is 480 g/mol. The van der Waals surface area contributed by atoms with E-state index in [1.165, 1.54) is 9.78 Å². The fraction of sp³-hybridized carbons (Fsp3) is 0.440. The summed E-state index contributed by atoms with van der Waals surface area (Å²) in [6.45, 7) is 2.17. The van der Waals surface area contributed by atoms with E-state index in [1.54, 1.807) is 48.1 Å². The SMILES string of the molecule is CC(C(=O)c1ccc2c(c1)N(C)C(=O)CO2)n1c(CN(C)C)nc2sc3c(c2c1=O)CCCC3. The number of hydrogen-bond acceptors (Lipinski definition) is 7. The number of anilines is 1. The maximum Gasteiger partial charge on any atom is 0.264 e. The van der Waals surface area contributed by atoms with E-state index >= 15 is 0 Å². The highest BCUT2D eigenvalue weighted by atomic mass is 32.1. The quantitative estimate of drug-likeness (QED) is 0.522. The lowest BCUT2D eigenvalue weighted by molar-refractivity contribution is -0.120. The van der Waals surface area contributed by atoms with Crippen molar-refractivity contribution in [2.24, 2.45) is 0 Å². The standard InChI is InChI=1S/C25H28N4O4S/c1-14(23(31)15-9-10-18-17(11-15)28(4)21(30)13-33-18)29-20(12-27(2)3)26-24-22(25(29)32)16-7-5-6-8-19(16)34-24/h9-11,14H,5-8,12-13H2,1-4H3. The molecule has 1 unspecified atom stereocenters. The molecule has 1 atom stereocenters. The van der Waals surface area contributed by atoms with Gasteiger partial charge in [0.15, 0.2) is 12.4 Å². The Morgan fingerprint density at radius 2 is 2.00 bits per heavy atom. The Kier molecular flexibility index (Phi) is 5.77. The van der Waals surface area contributed by atoms with Gasteiger partial charge < -0.3 is 14.5 Å². The number of thiophene rings is 1. The van der Waals surface area contributed by atoms with Crippen molar-refractivity contribution in [1.82, 2.24) is 14.5 Å². The summed E-state index contributed by atoms with van der Waals surface area (Å²) in [5.74, 6) is 0.758. The minimum atomic E-state index is -0.748. The number of carbonyl (C=O) groups is 2.